The number of imidazole rings is 1. The molecule has 4 aromatic carbocycles. The summed E-state index contributed by atoms with van der Waals surface area (Å²) in [4.78, 5) is 8.29. The molecule has 0 amide bonds. The van der Waals surface area contributed by atoms with Gasteiger partial charge in [-0.15, -0.1) is 11.3 Å². The third-order valence-electron chi connectivity index (χ3n) is 22.3. The molecule has 6 aliphatic carbocycles. The van der Waals surface area contributed by atoms with Crippen molar-refractivity contribution in [2.45, 2.75) is 221 Å². The quantitative estimate of drug-likeness (QED) is 0.160. The number of nitriles is 2. The molecule has 8 heteroatoms. The van der Waals surface area contributed by atoms with Crippen LogP contribution in [0.25, 0.3) is 0 Å². The third kappa shape index (κ3) is 14.5. The number of ether oxygens (including phenoxy) is 2. The summed E-state index contributed by atoms with van der Waals surface area (Å²) in [6, 6.07) is 25.5. The molecule has 0 N–H and O–H groups in total. The number of hydrogen-bond acceptors (Lipinski definition) is 7. The van der Waals surface area contributed by atoms with Crippen molar-refractivity contribution in [3.8, 4) is 47.3 Å². The summed E-state index contributed by atoms with van der Waals surface area (Å²) in [6.07, 6.45) is 20.3. The molecule has 2 heterocycles. The predicted molar refractivity (Wildman–Crippen MR) is 368 cm³/mol. The highest BCUT2D eigenvalue weighted by Crippen LogP contribution is 2.65. The van der Waals surface area contributed by atoms with Crippen LogP contribution in [0.3, 0.4) is 0 Å². The van der Waals surface area contributed by atoms with E-state index in [2.05, 4.69) is 181 Å². The first kappa shape index (κ1) is 66.8. The molecule has 0 spiro atoms. The lowest BCUT2D eigenvalue weighted by Gasteiger charge is -2.51. The number of aromatic nitrogens is 3. The van der Waals surface area contributed by atoms with E-state index in [0.29, 0.717) is 22.0 Å². The Labute approximate surface area is 541 Å². The van der Waals surface area contributed by atoms with E-state index in [4.69, 9.17) is 20.0 Å². The molecule has 4 saturated carbocycles. The number of rotatable bonds is 2. The van der Waals surface area contributed by atoms with Crippen LogP contribution in [0.4, 0.5) is 0 Å². The minimum Gasteiger partial charge on any atom is -0.496 e. The summed E-state index contributed by atoms with van der Waals surface area (Å²) in [5.41, 5.74) is 19.4. The number of methoxy groups -OCH3 is 2. The summed E-state index contributed by atoms with van der Waals surface area (Å²) in [7, 11) is 5.56. The molecule has 6 aliphatic rings. The van der Waals surface area contributed by atoms with E-state index in [1.54, 1.807) is 34.1 Å². The molecular weight excluding hydrogens is 1110 g/mol. The van der Waals surface area contributed by atoms with Crippen LogP contribution in [0.5, 0.6) is 11.5 Å². The summed E-state index contributed by atoms with van der Waals surface area (Å²) < 4.78 is 13.4. The Morgan fingerprint density at radius 1 is 0.551 bits per heavy atom. The fraction of sp³-hybridized carbons (Fsp3) is 0.556. The lowest BCUT2D eigenvalue weighted by molar-refractivity contribution is 0.0334. The van der Waals surface area contributed by atoms with Gasteiger partial charge in [-0.1, -0.05) is 135 Å². The first-order valence-electron chi connectivity index (χ1n) is 33.3. The van der Waals surface area contributed by atoms with Gasteiger partial charge in [0.2, 0.25) is 0 Å². The molecule has 470 valence electrons. The average Bonchev–Trinajstić information content (AvgIpc) is 1.76. The van der Waals surface area contributed by atoms with Gasteiger partial charge in [-0.3, -0.25) is 0 Å². The minimum absolute atomic E-state index is 0.00389. The van der Waals surface area contributed by atoms with Gasteiger partial charge >= 0.3 is 0 Å². The standard InChI is InChI=1S/2C24H36O.C17H17N3.C16H14N2S/c1-15-7-11-20-18-8-9-19-16(17(18)13-14-24(15,20)5)10-12-21(25-6)22(19)23(2,3)4;1-15-7-10-20-18-9-8-16-13-22(25-6)21(23(2,3)4)14-19(16)17(18)11-12-24(15,20)5;1-17(2,3)15-8-13(7-14(9-15)10-18)5-6-16-11-20(4)12-19-16;1-16(2,3)14-7-12(6-13(8-14)9-17)4-5-15-10-19-11-18-15/h10,12,15,17-18,20H,7-9,11,13-14H2,1-6H3;13-15,17-18,20H,7-12H2,1-6H3;7-9,11-12H,1-4H3;6-8,10-11H,1-3H3/t2*15-,17?,18?,20?,24+;;/m00../s1. The van der Waals surface area contributed by atoms with E-state index in [1.807, 2.05) is 73.8 Å². The first-order chi connectivity index (χ1) is 41.9. The van der Waals surface area contributed by atoms with Gasteiger partial charge in [-0.05, 0) is 256 Å². The van der Waals surface area contributed by atoms with Crippen molar-refractivity contribution in [3.05, 3.63) is 162 Å². The normalized spacial score (nSPS) is 25.5. The lowest BCUT2D eigenvalue weighted by atomic mass is 9.54. The zero-order chi connectivity index (χ0) is 64.6. The zero-order valence-corrected chi connectivity index (χ0v) is 58.5. The molecule has 6 unspecified atom stereocenters. The van der Waals surface area contributed by atoms with Crippen LogP contribution >= 0.6 is 11.3 Å². The number of nitrogens with zero attached hydrogens (tertiary/aromatic N) is 5. The highest BCUT2D eigenvalue weighted by atomic mass is 32.1. The number of benzene rings is 4. The third-order valence-corrected chi connectivity index (χ3v) is 22.9. The molecule has 0 bridgehead atoms. The van der Waals surface area contributed by atoms with Crippen LogP contribution < -0.4 is 9.47 Å². The molecule has 7 nitrogen and oxygen atoms in total. The van der Waals surface area contributed by atoms with Crippen LogP contribution in [0.15, 0.2) is 84.1 Å². The highest BCUT2D eigenvalue weighted by molar-refractivity contribution is 7.07. The molecular formula is C81H103N5O2S. The van der Waals surface area contributed by atoms with Gasteiger partial charge in [-0.2, -0.15) is 10.5 Å². The predicted octanol–water partition coefficient (Wildman–Crippen LogP) is 19.7. The number of aryl methyl sites for hydroxylation is 2. The van der Waals surface area contributed by atoms with Gasteiger partial charge in [0.15, 0.2) is 0 Å². The maximum Gasteiger partial charge on any atom is 0.131 e. The summed E-state index contributed by atoms with van der Waals surface area (Å²) in [6.45, 7) is 37.0. The van der Waals surface area contributed by atoms with Crippen LogP contribution in [-0.4, -0.2) is 28.8 Å². The SMILES string of the molecule is CC(C)(C)c1cc(C#N)cc(C#Cc2cscn2)c1.COc1cc2c(cc1C(C)(C)C)C1CC[C@@]3(C)C(CC[C@@H]3C)C1CC2.COc1ccc2c(c1C(C)(C)C)CCC1C2CC[C@@]2(C)C1CC[C@@H]2C.Cn1cnc(C#Cc2cc(C#N)cc(C(C)(C)C)c2)c1. The second kappa shape index (κ2) is 26.3. The van der Waals surface area contributed by atoms with Crippen molar-refractivity contribution in [1.82, 2.24) is 14.5 Å². The van der Waals surface area contributed by atoms with Gasteiger partial charge in [0.1, 0.15) is 22.9 Å². The maximum atomic E-state index is 9.13. The molecule has 4 fully saturated rings. The average molecular weight is 1210 g/mol. The van der Waals surface area contributed by atoms with Crippen molar-refractivity contribution in [3.63, 3.8) is 0 Å². The molecule has 2 aromatic heterocycles. The molecule has 6 aromatic rings. The van der Waals surface area contributed by atoms with Gasteiger partial charge in [0, 0.05) is 35.3 Å². The van der Waals surface area contributed by atoms with Gasteiger partial charge in [0.25, 0.3) is 0 Å². The Kier molecular flexibility index (Phi) is 19.8. The lowest BCUT2D eigenvalue weighted by Crippen LogP contribution is -2.42. The van der Waals surface area contributed by atoms with Gasteiger partial charge < -0.3 is 14.0 Å². The Hall–Kier alpha value is -6.58. The number of hydrogen-bond donors (Lipinski definition) is 0. The van der Waals surface area contributed by atoms with Crippen molar-refractivity contribution in [2.75, 3.05) is 14.2 Å². The van der Waals surface area contributed by atoms with E-state index < -0.39 is 0 Å². The van der Waals surface area contributed by atoms with E-state index in [-0.39, 0.29) is 21.7 Å². The van der Waals surface area contributed by atoms with Crippen LogP contribution in [0.2, 0.25) is 0 Å². The largest absolute Gasteiger partial charge is 0.496 e. The van der Waals surface area contributed by atoms with Gasteiger partial charge in [0.05, 0.1) is 49.3 Å². The molecule has 12 rings (SSSR count). The second-order valence-corrected chi connectivity index (χ2v) is 32.7. The van der Waals surface area contributed by atoms with Crippen molar-refractivity contribution < 1.29 is 9.47 Å². The smallest absolute Gasteiger partial charge is 0.131 e. The fourth-order valence-corrected chi connectivity index (χ4v) is 17.4. The van der Waals surface area contributed by atoms with Crippen molar-refractivity contribution in [1.29, 1.82) is 10.5 Å². The molecule has 0 saturated heterocycles. The zero-order valence-electron chi connectivity index (χ0n) is 57.6. The van der Waals surface area contributed by atoms with Crippen LogP contribution in [0.1, 0.15) is 265 Å². The monoisotopic (exact) mass is 1210 g/mol. The second-order valence-electron chi connectivity index (χ2n) is 32.0. The number of thiazole rings is 1. The van der Waals surface area contributed by atoms with E-state index >= 15 is 0 Å². The van der Waals surface area contributed by atoms with E-state index in [0.717, 1.165) is 92.5 Å². The maximum absolute atomic E-state index is 9.13. The Bertz CT molecular complexity index is 3680. The van der Waals surface area contributed by atoms with Crippen molar-refractivity contribution in [2.24, 2.45) is 53.4 Å². The summed E-state index contributed by atoms with van der Waals surface area (Å²) in [5, 5.41) is 20.1. The fourth-order valence-electron chi connectivity index (χ4n) is 16.9. The molecule has 89 heavy (non-hydrogen) atoms. The minimum atomic E-state index is -0.00567. The van der Waals surface area contributed by atoms with E-state index in [9.17, 15) is 0 Å². The highest BCUT2D eigenvalue weighted by Gasteiger charge is 2.55. The van der Waals surface area contributed by atoms with Crippen LogP contribution in [0, 0.1) is 92.7 Å². The Morgan fingerprint density at radius 2 is 1.07 bits per heavy atom. The molecule has 0 radical (unpaired) electrons. The first-order valence-corrected chi connectivity index (χ1v) is 34.3. The summed E-state index contributed by atoms with van der Waals surface area (Å²) >= 11 is 1.52. The topological polar surface area (TPSA) is 96.8 Å². The van der Waals surface area contributed by atoms with Crippen LogP contribution in [-0.2, 0) is 41.5 Å². The van der Waals surface area contributed by atoms with E-state index in [1.165, 1.54) is 99.5 Å². The molecule has 10 atom stereocenters. The van der Waals surface area contributed by atoms with Gasteiger partial charge in [-0.25, -0.2) is 9.97 Å². The Balaban J connectivity index is 0.000000142. The molecule has 0 aliphatic heterocycles. The van der Waals surface area contributed by atoms with Crippen molar-refractivity contribution >= 4 is 11.3 Å². The summed E-state index contributed by atoms with van der Waals surface area (Å²) in [5.74, 6) is 21.5. The Morgan fingerprint density at radius 3 is 1.53 bits per heavy atom. The number of fused-ring (bicyclic) bond motifs is 10.